The van der Waals surface area contributed by atoms with Gasteiger partial charge in [0.25, 0.3) is 0 Å². The first-order valence-corrected chi connectivity index (χ1v) is 12.4. The summed E-state index contributed by atoms with van der Waals surface area (Å²) in [6.45, 7) is 1.65. The molecule has 0 saturated carbocycles. The molecule has 1 aliphatic rings. The Morgan fingerprint density at radius 2 is 1.29 bits per heavy atom. The molecule has 4 rings (SSSR count). The Morgan fingerprint density at radius 1 is 0.686 bits per heavy atom. The topological polar surface area (TPSA) is 103 Å². The molecule has 35 heavy (non-hydrogen) atoms. The molecular formula is C24H28N4O6S. The second kappa shape index (κ2) is 10.4. The molecule has 11 heteroatoms. The van der Waals surface area contributed by atoms with E-state index in [0.29, 0.717) is 60.7 Å². The maximum atomic E-state index is 13.2. The first-order chi connectivity index (χ1) is 16.9. The average molecular weight is 501 g/mol. The van der Waals surface area contributed by atoms with Crippen LogP contribution >= 0.6 is 0 Å². The van der Waals surface area contributed by atoms with Gasteiger partial charge < -0.3 is 23.8 Å². The lowest BCUT2D eigenvalue weighted by molar-refractivity contribution is 0.353. The molecule has 0 bridgehead atoms. The Balaban J connectivity index is 1.44. The van der Waals surface area contributed by atoms with E-state index in [1.165, 1.54) is 30.7 Å². The molecule has 2 heterocycles. The molecule has 10 nitrogen and oxygen atoms in total. The van der Waals surface area contributed by atoms with Crippen molar-refractivity contribution in [2.24, 2.45) is 0 Å². The second-order valence-corrected chi connectivity index (χ2v) is 9.69. The van der Waals surface area contributed by atoms with Gasteiger partial charge in [0.15, 0.2) is 28.8 Å². The summed E-state index contributed by atoms with van der Waals surface area (Å²) in [5.41, 5.74) is 1.55. The van der Waals surface area contributed by atoms with Crippen molar-refractivity contribution in [3.8, 4) is 34.3 Å². The van der Waals surface area contributed by atoms with Crippen LogP contribution < -0.4 is 23.8 Å². The van der Waals surface area contributed by atoms with Gasteiger partial charge in [-0.05, 0) is 42.5 Å². The quantitative estimate of drug-likeness (QED) is 0.462. The van der Waals surface area contributed by atoms with Gasteiger partial charge in [0, 0.05) is 37.8 Å². The summed E-state index contributed by atoms with van der Waals surface area (Å²) in [5.74, 6) is 2.80. The highest BCUT2D eigenvalue weighted by Crippen LogP contribution is 2.33. The predicted octanol–water partition coefficient (Wildman–Crippen LogP) is 2.69. The molecule has 2 aromatic carbocycles. The van der Waals surface area contributed by atoms with Crippen LogP contribution in [0.15, 0.2) is 53.4 Å². The molecule has 0 spiro atoms. The maximum Gasteiger partial charge on any atom is 0.243 e. The molecule has 1 aromatic heterocycles. The monoisotopic (exact) mass is 500 g/mol. The van der Waals surface area contributed by atoms with E-state index in [4.69, 9.17) is 18.9 Å². The van der Waals surface area contributed by atoms with Gasteiger partial charge in [-0.15, -0.1) is 10.2 Å². The molecule has 0 amide bonds. The van der Waals surface area contributed by atoms with Crippen molar-refractivity contribution in [3.05, 3.63) is 48.5 Å². The SMILES string of the molecule is COc1ccc(-c2ccc(N3CCN(S(=O)(=O)c4ccc(OC)c(OC)c4)CC3)nn2)cc1OC. The van der Waals surface area contributed by atoms with Crippen LogP contribution in [0.3, 0.4) is 0 Å². The molecule has 0 unspecified atom stereocenters. The fraction of sp³-hybridized carbons (Fsp3) is 0.333. The van der Waals surface area contributed by atoms with Crippen LogP contribution in [0.1, 0.15) is 0 Å². The van der Waals surface area contributed by atoms with Crippen molar-refractivity contribution in [1.82, 2.24) is 14.5 Å². The van der Waals surface area contributed by atoms with Gasteiger partial charge in [-0.2, -0.15) is 4.31 Å². The molecule has 186 valence electrons. The van der Waals surface area contributed by atoms with Gasteiger partial charge >= 0.3 is 0 Å². The molecule has 0 aliphatic carbocycles. The number of hydrogen-bond donors (Lipinski definition) is 0. The summed E-state index contributed by atoms with van der Waals surface area (Å²) in [4.78, 5) is 2.19. The van der Waals surface area contributed by atoms with Gasteiger partial charge in [0.1, 0.15) is 0 Å². The van der Waals surface area contributed by atoms with E-state index in [2.05, 4.69) is 10.2 Å². The third kappa shape index (κ3) is 4.96. The third-order valence-corrected chi connectivity index (χ3v) is 7.78. The highest BCUT2D eigenvalue weighted by Gasteiger charge is 2.30. The zero-order valence-electron chi connectivity index (χ0n) is 20.1. The van der Waals surface area contributed by atoms with Crippen LogP contribution in [-0.2, 0) is 10.0 Å². The summed E-state index contributed by atoms with van der Waals surface area (Å²) in [5, 5.41) is 8.73. The zero-order valence-corrected chi connectivity index (χ0v) is 20.9. The van der Waals surface area contributed by atoms with Crippen LogP contribution in [-0.4, -0.2) is 77.5 Å². The van der Waals surface area contributed by atoms with E-state index in [1.807, 2.05) is 35.2 Å². The Labute approximate surface area is 205 Å². The second-order valence-electron chi connectivity index (χ2n) is 7.75. The lowest BCUT2D eigenvalue weighted by Crippen LogP contribution is -2.49. The molecule has 3 aromatic rings. The summed E-state index contributed by atoms with van der Waals surface area (Å²) < 4.78 is 48.9. The van der Waals surface area contributed by atoms with E-state index in [-0.39, 0.29) is 4.90 Å². The first kappa shape index (κ1) is 24.6. The fourth-order valence-electron chi connectivity index (χ4n) is 3.93. The number of nitrogens with zero attached hydrogens (tertiary/aromatic N) is 4. The average Bonchev–Trinajstić information content (AvgIpc) is 2.92. The van der Waals surface area contributed by atoms with E-state index in [1.54, 1.807) is 20.3 Å². The number of anilines is 1. The van der Waals surface area contributed by atoms with Crippen LogP contribution in [0.2, 0.25) is 0 Å². The number of aromatic nitrogens is 2. The minimum absolute atomic E-state index is 0.169. The number of ether oxygens (including phenoxy) is 4. The largest absolute Gasteiger partial charge is 0.493 e. The van der Waals surface area contributed by atoms with Crippen molar-refractivity contribution < 1.29 is 27.4 Å². The highest BCUT2D eigenvalue weighted by molar-refractivity contribution is 7.89. The summed E-state index contributed by atoms with van der Waals surface area (Å²) >= 11 is 0. The number of methoxy groups -OCH3 is 4. The molecule has 0 radical (unpaired) electrons. The predicted molar refractivity (Wildman–Crippen MR) is 131 cm³/mol. The first-order valence-electron chi connectivity index (χ1n) is 10.9. The van der Waals surface area contributed by atoms with Gasteiger partial charge in [-0.1, -0.05) is 0 Å². The molecular weight excluding hydrogens is 472 g/mol. The molecule has 1 aliphatic heterocycles. The van der Waals surface area contributed by atoms with Crippen LogP contribution in [0, 0.1) is 0 Å². The van der Waals surface area contributed by atoms with Crippen molar-refractivity contribution >= 4 is 15.8 Å². The molecule has 0 N–H and O–H groups in total. The van der Waals surface area contributed by atoms with Crippen LogP contribution in [0.4, 0.5) is 5.82 Å². The fourth-order valence-corrected chi connectivity index (χ4v) is 5.37. The lowest BCUT2D eigenvalue weighted by Gasteiger charge is -2.34. The van der Waals surface area contributed by atoms with E-state index >= 15 is 0 Å². The minimum Gasteiger partial charge on any atom is -0.493 e. The number of benzene rings is 2. The van der Waals surface area contributed by atoms with E-state index in [9.17, 15) is 8.42 Å². The molecule has 0 atom stereocenters. The Morgan fingerprint density at radius 3 is 1.86 bits per heavy atom. The summed E-state index contributed by atoms with van der Waals surface area (Å²) in [7, 11) is 2.49. The van der Waals surface area contributed by atoms with Crippen LogP contribution in [0.5, 0.6) is 23.0 Å². The van der Waals surface area contributed by atoms with Gasteiger partial charge in [0.05, 0.1) is 39.0 Å². The number of hydrogen-bond acceptors (Lipinski definition) is 9. The Kier molecular flexibility index (Phi) is 7.27. The smallest absolute Gasteiger partial charge is 0.243 e. The summed E-state index contributed by atoms with van der Waals surface area (Å²) in [6, 6.07) is 13.9. The normalized spacial score (nSPS) is 14.5. The standard InChI is InChI=1S/C24H28N4O6S/c1-31-20-8-5-17(15-22(20)33-3)19-7-10-24(26-25-19)27-11-13-28(14-12-27)35(29,30)18-6-9-21(32-2)23(16-18)34-4/h5-10,15-16H,11-14H2,1-4H3. The Hall–Kier alpha value is -3.57. The van der Waals surface area contributed by atoms with Gasteiger partial charge in [-0.25, -0.2) is 8.42 Å². The van der Waals surface area contributed by atoms with E-state index < -0.39 is 10.0 Å². The van der Waals surface area contributed by atoms with E-state index in [0.717, 1.165) is 5.56 Å². The molecule has 1 saturated heterocycles. The highest BCUT2D eigenvalue weighted by atomic mass is 32.2. The summed E-state index contributed by atoms with van der Waals surface area (Å²) in [6.07, 6.45) is 0. The lowest BCUT2D eigenvalue weighted by atomic mass is 10.1. The minimum atomic E-state index is -3.67. The van der Waals surface area contributed by atoms with Crippen molar-refractivity contribution in [2.75, 3.05) is 59.5 Å². The maximum absolute atomic E-state index is 13.2. The third-order valence-electron chi connectivity index (χ3n) is 5.89. The van der Waals surface area contributed by atoms with Gasteiger partial charge in [0.2, 0.25) is 10.0 Å². The zero-order chi connectivity index (χ0) is 25.0. The number of rotatable bonds is 8. The number of sulfonamides is 1. The van der Waals surface area contributed by atoms with Gasteiger partial charge in [-0.3, -0.25) is 0 Å². The van der Waals surface area contributed by atoms with Crippen molar-refractivity contribution in [3.63, 3.8) is 0 Å². The Bertz CT molecular complexity index is 1280. The van der Waals surface area contributed by atoms with Crippen molar-refractivity contribution in [1.29, 1.82) is 0 Å². The molecule has 1 fully saturated rings. The van der Waals surface area contributed by atoms with Crippen LogP contribution in [0.25, 0.3) is 11.3 Å². The van der Waals surface area contributed by atoms with Crippen molar-refractivity contribution in [2.45, 2.75) is 4.90 Å². The number of piperazine rings is 1.